The van der Waals surface area contributed by atoms with Crippen molar-refractivity contribution in [3.05, 3.63) is 18.7 Å². The fourth-order valence-corrected chi connectivity index (χ4v) is 2.58. The standard InChI is InChI=1S/C12H15N5O3/c1-2-17(9-6-20-5-8(9)12(18)19)10-11-15-14-7-16(11)4-3-13-10/h3-4,7-9H,2,5-6H2,1H3,(H,18,19). The molecule has 8 heteroatoms. The average Bonchev–Trinajstić information content (AvgIpc) is 3.08. The summed E-state index contributed by atoms with van der Waals surface area (Å²) in [4.78, 5) is 17.6. The molecule has 1 fully saturated rings. The second-order valence-electron chi connectivity index (χ2n) is 4.65. The highest BCUT2D eigenvalue weighted by Gasteiger charge is 2.38. The lowest BCUT2D eigenvalue weighted by Crippen LogP contribution is -2.43. The number of carboxylic acid groups (broad SMARTS) is 1. The number of anilines is 1. The Balaban J connectivity index is 2.01. The lowest BCUT2D eigenvalue weighted by atomic mass is 10.0. The molecule has 2 atom stereocenters. The maximum Gasteiger partial charge on any atom is 0.311 e. The van der Waals surface area contributed by atoms with Gasteiger partial charge in [0.2, 0.25) is 5.65 Å². The number of ether oxygens (including phenoxy) is 1. The van der Waals surface area contributed by atoms with Gasteiger partial charge in [-0.2, -0.15) is 0 Å². The fourth-order valence-electron chi connectivity index (χ4n) is 2.58. The van der Waals surface area contributed by atoms with Gasteiger partial charge in [-0.25, -0.2) is 4.98 Å². The number of nitrogens with zero attached hydrogens (tertiary/aromatic N) is 5. The van der Waals surface area contributed by atoms with Crippen LogP contribution in [0.1, 0.15) is 6.92 Å². The maximum absolute atomic E-state index is 11.3. The molecule has 0 spiro atoms. The Kier molecular flexibility index (Phi) is 3.23. The summed E-state index contributed by atoms with van der Waals surface area (Å²) < 4.78 is 7.10. The zero-order valence-electron chi connectivity index (χ0n) is 11.0. The van der Waals surface area contributed by atoms with Crippen LogP contribution in [0.5, 0.6) is 0 Å². The predicted molar refractivity (Wildman–Crippen MR) is 69.5 cm³/mol. The lowest BCUT2D eigenvalue weighted by Gasteiger charge is -2.30. The molecule has 3 rings (SSSR count). The van der Waals surface area contributed by atoms with Gasteiger partial charge < -0.3 is 14.7 Å². The van der Waals surface area contributed by atoms with E-state index in [-0.39, 0.29) is 12.6 Å². The van der Waals surface area contributed by atoms with Gasteiger partial charge in [0.25, 0.3) is 0 Å². The first kappa shape index (κ1) is 12.8. The van der Waals surface area contributed by atoms with Gasteiger partial charge in [0.05, 0.1) is 19.3 Å². The summed E-state index contributed by atoms with van der Waals surface area (Å²) in [6.07, 6.45) is 5.00. The van der Waals surface area contributed by atoms with Crippen LogP contribution in [-0.4, -0.2) is 56.5 Å². The molecule has 8 nitrogen and oxygen atoms in total. The average molecular weight is 277 g/mol. The Morgan fingerprint density at radius 3 is 3.20 bits per heavy atom. The first-order chi connectivity index (χ1) is 9.72. The Morgan fingerprint density at radius 2 is 2.45 bits per heavy atom. The summed E-state index contributed by atoms with van der Waals surface area (Å²) in [5.41, 5.74) is 0.616. The topological polar surface area (TPSA) is 92.9 Å². The predicted octanol–water partition coefficient (Wildman–Crippen LogP) is 0.0502. The summed E-state index contributed by atoms with van der Waals surface area (Å²) >= 11 is 0. The van der Waals surface area contributed by atoms with Gasteiger partial charge in [0, 0.05) is 18.9 Å². The van der Waals surface area contributed by atoms with Crippen LogP contribution in [-0.2, 0) is 9.53 Å². The van der Waals surface area contributed by atoms with Crippen molar-refractivity contribution in [1.29, 1.82) is 0 Å². The smallest absolute Gasteiger partial charge is 0.311 e. The second-order valence-corrected chi connectivity index (χ2v) is 4.65. The van der Waals surface area contributed by atoms with E-state index in [4.69, 9.17) is 4.74 Å². The molecule has 0 amide bonds. The summed E-state index contributed by atoms with van der Waals surface area (Å²) in [5.74, 6) is -0.770. The number of aromatic nitrogens is 4. The van der Waals surface area contributed by atoms with Crippen LogP contribution in [0.3, 0.4) is 0 Å². The van der Waals surface area contributed by atoms with E-state index in [2.05, 4.69) is 15.2 Å². The van der Waals surface area contributed by atoms with Gasteiger partial charge in [-0.1, -0.05) is 0 Å². The van der Waals surface area contributed by atoms with E-state index in [0.29, 0.717) is 24.6 Å². The quantitative estimate of drug-likeness (QED) is 0.844. The number of carbonyl (C=O) groups is 1. The van der Waals surface area contributed by atoms with Crippen LogP contribution in [0, 0.1) is 5.92 Å². The van der Waals surface area contributed by atoms with Gasteiger partial charge in [0.1, 0.15) is 12.2 Å². The van der Waals surface area contributed by atoms with E-state index in [1.807, 2.05) is 11.8 Å². The molecule has 106 valence electrons. The molecule has 2 aromatic rings. The third kappa shape index (κ3) is 1.97. The van der Waals surface area contributed by atoms with Crippen molar-refractivity contribution in [1.82, 2.24) is 19.6 Å². The first-order valence-electron chi connectivity index (χ1n) is 6.44. The van der Waals surface area contributed by atoms with Crippen molar-refractivity contribution in [2.45, 2.75) is 13.0 Å². The van der Waals surface area contributed by atoms with Gasteiger partial charge in [-0.3, -0.25) is 9.20 Å². The van der Waals surface area contributed by atoms with Crippen molar-refractivity contribution in [3.63, 3.8) is 0 Å². The van der Waals surface area contributed by atoms with Crippen LogP contribution in [0.25, 0.3) is 5.65 Å². The molecular weight excluding hydrogens is 262 g/mol. The largest absolute Gasteiger partial charge is 0.481 e. The van der Waals surface area contributed by atoms with Gasteiger partial charge in [0.15, 0.2) is 5.82 Å². The van der Waals surface area contributed by atoms with Crippen molar-refractivity contribution in [3.8, 4) is 0 Å². The number of fused-ring (bicyclic) bond motifs is 1. The van der Waals surface area contributed by atoms with E-state index in [9.17, 15) is 9.90 Å². The molecule has 20 heavy (non-hydrogen) atoms. The second kappa shape index (κ2) is 5.04. The molecule has 0 bridgehead atoms. The third-order valence-electron chi connectivity index (χ3n) is 3.58. The number of carboxylic acids is 1. The molecule has 1 saturated heterocycles. The molecule has 1 N–H and O–H groups in total. The molecule has 1 aliphatic rings. The molecule has 0 radical (unpaired) electrons. The van der Waals surface area contributed by atoms with E-state index >= 15 is 0 Å². The van der Waals surface area contributed by atoms with Crippen molar-refractivity contribution < 1.29 is 14.6 Å². The SMILES string of the molecule is CCN(c1nccn2cnnc12)C1COCC1C(=O)O. The normalized spacial score (nSPS) is 22.2. The zero-order chi connectivity index (χ0) is 14.1. The van der Waals surface area contributed by atoms with Crippen LogP contribution in [0.4, 0.5) is 5.82 Å². The van der Waals surface area contributed by atoms with E-state index in [1.165, 1.54) is 0 Å². The fraction of sp³-hybridized carbons (Fsp3) is 0.500. The minimum Gasteiger partial charge on any atom is -0.481 e. The molecule has 0 saturated carbocycles. The van der Waals surface area contributed by atoms with Crippen LogP contribution >= 0.6 is 0 Å². The molecule has 1 aliphatic heterocycles. The van der Waals surface area contributed by atoms with Gasteiger partial charge in [-0.05, 0) is 6.92 Å². The Hall–Kier alpha value is -2.22. The highest BCUT2D eigenvalue weighted by Crippen LogP contribution is 2.26. The monoisotopic (exact) mass is 277 g/mol. The van der Waals surface area contributed by atoms with Crippen molar-refractivity contribution in [2.24, 2.45) is 5.92 Å². The molecule has 0 aromatic carbocycles. The van der Waals surface area contributed by atoms with Crippen LogP contribution < -0.4 is 4.90 Å². The third-order valence-corrected chi connectivity index (χ3v) is 3.58. The highest BCUT2D eigenvalue weighted by atomic mass is 16.5. The number of rotatable bonds is 4. The van der Waals surface area contributed by atoms with E-state index in [1.54, 1.807) is 23.1 Å². The molecule has 2 aromatic heterocycles. The Bertz CT molecular complexity index is 628. The molecule has 2 unspecified atom stereocenters. The number of hydrogen-bond donors (Lipinski definition) is 1. The zero-order valence-corrected chi connectivity index (χ0v) is 11.0. The minimum absolute atomic E-state index is 0.228. The van der Waals surface area contributed by atoms with Gasteiger partial charge in [-0.15, -0.1) is 10.2 Å². The number of aliphatic carboxylic acids is 1. The number of hydrogen-bond acceptors (Lipinski definition) is 6. The van der Waals surface area contributed by atoms with E-state index in [0.717, 1.165) is 0 Å². The summed E-state index contributed by atoms with van der Waals surface area (Å²) in [6, 6.07) is -0.243. The van der Waals surface area contributed by atoms with Crippen molar-refractivity contribution in [2.75, 3.05) is 24.7 Å². The van der Waals surface area contributed by atoms with Crippen molar-refractivity contribution >= 4 is 17.4 Å². The number of likely N-dealkylation sites (N-methyl/N-ethyl adjacent to an activating group) is 1. The summed E-state index contributed by atoms with van der Waals surface area (Å²) in [6.45, 7) is 3.18. The maximum atomic E-state index is 11.3. The van der Waals surface area contributed by atoms with Crippen LogP contribution in [0.2, 0.25) is 0 Å². The molecule has 3 heterocycles. The molecular formula is C12H15N5O3. The van der Waals surface area contributed by atoms with E-state index < -0.39 is 11.9 Å². The van der Waals surface area contributed by atoms with Gasteiger partial charge >= 0.3 is 5.97 Å². The Labute approximate surface area is 115 Å². The molecule has 0 aliphatic carbocycles. The summed E-state index contributed by atoms with van der Waals surface area (Å²) in [7, 11) is 0. The Morgan fingerprint density at radius 1 is 1.60 bits per heavy atom. The first-order valence-corrected chi connectivity index (χ1v) is 6.44. The lowest BCUT2D eigenvalue weighted by molar-refractivity contribution is -0.141. The summed E-state index contributed by atoms with van der Waals surface area (Å²) in [5, 5.41) is 17.2. The van der Waals surface area contributed by atoms with Crippen LogP contribution in [0.15, 0.2) is 18.7 Å². The minimum atomic E-state index is -0.848. The highest BCUT2D eigenvalue weighted by molar-refractivity contribution is 5.73.